The zero-order chi connectivity index (χ0) is 20.9. The van der Waals surface area contributed by atoms with Crippen molar-refractivity contribution in [3.63, 3.8) is 0 Å². The lowest BCUT2D eigenvalue weighted by molar-refractivity contribution is 0.0980. The van der Waals surface area contributed by atoms with E-state index in [9.17, 15) is 17.6 Å². The lowest BCUT2D eigenvalue weighted by Gasteiger charge is -2.12. The molecule has 3 aromatic carbocycles. The van der Waals surface area contributed by atoms with E-state index in [0.29, 0.717) is 5.56 Å². The van der Waals surface area contributed by atoms with Gasteiger partial charge in [0.15, 0.2) is 0 Å². The highest BCUT2D eigenvalue weighted by Crippen LogP contribution is 2.20. The number of hydrogen-bond donors (Lipinski definition) is 2. The summed E-state index contributed by atoms with van der Waals surface area (Å²) < 4.78 is 39.5. The van der Waals surface area contributed by atoms with E-state index in [0.717, 1.165) is 11.1 Å². The fourth-order valence-electron chi connectivity index (χ4n) is 2.41. The van der Waals surface area contributed by atoms with Gasteiger partial charge in [0.25, 0.3) is 5.91 Å². The van der Waals surface area contributed by atoms with Gasteiger partial charge in [-0.1, -0.05) is 42.5 Å². The molecule has 1 amide bonds. The van der Waals surface area contributed by atoms with E-state index in [1.807, 2.05) is 41.1 Å². The Kier molecular flexibility index (Phi) is 5.93. The molecule has 0 aromatic heterocycles. The summed E-state index contributed by atoms with van der Waals surface area (Å²) in [6.07, 6.45) is 0. The predicted octanol–water partition coefficient (Wildman–Crippen LogP) is 2.65. The van der Waals surface area contributed by atoms with Crippen molar-refractivity contribution in [2.75, 3.05) is 0 Å². The summed E-state index contributed by atoms with van der Waals surface area (Å²) >= 11 is 0. The third kappa shape index (κ3) is 5.19. The first kappa shape index (κ1) is 20.1. The van der Waals surface area contributed by atoms with Crippen LogP contribution in [0.1, 0.15) is 15.9 Å². The van der Waals surface area contributed by atoms with Crippen molar-refractivity contribution in [3.8, 4) is 23.1 Å². The van der Waals surface area contributed by atoms with E-state index in [1.165, 1.54) is 30.3 Å². The number of amides is 1. The van der Waals surface area contributed by atoms with Crippen LogP contribution >= 0.6 is 0 Å². The van der Waals surface area contributed by atoms with Crippen molar-refractivity contribution in [1.82, 2.24) is 9.14 Å². The Hall–Kier alpha value is -3.67. The average Bonchev–Trinajstić information content (AvgIpc) is 2.73. The molecule has 0 aliphatic heterocycles. The first-order valence-electron chi connectivity index (χ1n) is 8.40. The summed E-state index contributed by atoms with van der Waals surface area (Å²) in [7, 11) is -4.40. The monoisotopic (exact) mass is 409 g/mol. The van der Waals surface area contributed by atoms with E-state index in [1.54, 1.807) is 12.1 Å². The number of carbonyl (C=O) groups is 1. The smallest absolute Gasteiger partial charge is 0.268 e. The summed E-state index contributed by atoms with van der Waals surface area (Å²) in [5, 5.41) is 0. The van der Waals surface area contributed by atoms with Crippen molar-refractivity contribution >= 4 is 16.1 Å². The highest BCUT2D eigenvalue weighted by atomic mass is 32.2. The molecule has 0 aliphatic carbocycles. The van der Waals surface area contributed by atoms with E-state index < -0.39 is 21.9 Å². The lowest BCUT2D eigenvalue weighted by Crippen LogP contribution is -2.44. The van der Waals surface area contributed by atoms with Crippen LogP contribution in [0.25, 0.3) is 11.1 Å². The van der Waals surface area contributed by atoms with Crippen LogP contribution in [0.3, 0.4) is 0 Å². The normalized spacial score (nSPS) is 10.6. The molecule has 0 heterocycles. The van der Waals surface area contributed by atoms with Gasteiger partial charge in [0, 0.05) is 17.2 Å². The summed E-state index contributed by atoms with van der Waals surface area (Å²) in [5.74, 6) is 6.64. The van der Waals surface area contributed by atoms with Crippen LogP contribution in [0.5, 0.6) is 0 Å². The number of nitrogens with zero attached hydrogens (tertiary/aromatic N) is 1. The highest BCUT2D eigenvalue weighted by molar-refractivity contribution is 7.87. The molecule has 0 aliphatic rings. The minimum absolute atomic E-state index is 0.148. The van der Waals surface area contributed by atoms with E-state index in [4.69, 9.17) is 5.84 Å². The van der Waals surface area contributed by atoms with Crippen molar-refractivity contribution < 1.29 is 17.6 Å². The van der Waals surface area contributed by atoms with Gasteiger partial charge in [-0.05, 0) is 53.4 Å². The number of nitrogens with two attached hydrogens (primary N) is 1. The second kappa shape index (κ2) is 8.56. The molecule has 0 spiro atoms. The Bertz CT molecular complexity index is 1190. The Morgan fingerprint density at radius 1 is 0.931 bits per heavy atom. The third-order valence-electron chi connectivity index (χ3n) is 3.87. The largest absolute Gasteiger partial charge is 0.346 e. The molecule has 0 saturated carbocycles. The maximum absolute atomic E-state index is 12.9. The fourth-order valence-corrected chi connectivity index (χ4v) is 3.03. The van der Waals surface area contributed by atoms with Crippen LogP contribution in [0.4, 0.5) is 4.39 Å². The zero-order valence-corrected chi connectivity index (χ0v) is 15.9. The average molecular weight is 409 g/mol. The van der Waals surface area contributed by atoms with Crippen LogP contribution in [-0.4, -0.2) is 18.7 Å². The van der Waals surface area contributed by atoms with Crippen LogP contribution in [0.15, 0.2) is 78.9 Å². The number of hydrogen-bond acceptors (Lipinski definition) is 4. The van der Waals surface area contributed by atoms with Gasteiger partial charge in [-0.2, -0.15) is 8.42 Å². The molecule has 146 valence electrons. The van der Waals surface area contributed by atoms with Gasteiger partial charge in [-0.3, -0.25) is 4.79 Å². The van der Waals surface area contributed by atoms with Gasteiger partial charge >= 0.3 is 10.2 Å². The summed E-state index contributed by atoms with van der Waals surface area (Å²) in [4.78, 5) is 12.4. The molecular formula is C21H16FN3O3S. The molecule has 0 atom stereocenters. The molecule has 0 unspecified atom stereocenters. The van der Waals surface area contributed by atoms with E-state index in [2.05, 4.69) is 12.0 Å². The third-order valence-corrected chi connectivity index (χ3v) is 4.92. The molecule has 6 nitrogen and oxygen atoms in total. The van der Waals surface area contributed by atoms with Crippen molar-refractivity contribution in [3.05, 3.63) is 95.8 Å². The number of benzene rings is 3. The molecular weight excluding hydrogens is 393 g/mol. The van der Waals surface area contributed by atoms with Gasteiger partial charge in [-0.15, -0.1) is 4.41 Å². The number of hydrazine groups is 1. The number of rotatable bonds is 4. The Morgan fingerprint density at radius 3 is 2.28 bits per heavy atom. The van der Waals surface area contributed by atoms with E-state index >= 15 is 0 Å². The van der Waals surface area contributed by atoms with Crippen LogP contribution in [-0.2, 0) is 10.2 Å². The summed E-state index contributed by atoms with van der Waals surface area (Å²) in [6, 6.07) is 23.2. The van der Waals surface area contributed by atoms with Gasteiger partial charge in [0.1, 0.15) is 5.82 Å². The van der Waals surface area contributed by atoms with Crippen molar-refractivity contribution in [2.24, 2.45) is 5.84 Å². The Morgan fingerprint density at radius 2 is 1.59 bits per heavy atom. The second-order valence-electron chi connectivity index (χ2n) is 5.92. The molecule has 3 aromatic rings. The minimum Gasteiger partial charge on any atom is -0.268 e. The van der Waals surface area contributed by atoms with Gasteiger partial charge in [-0.25, -0.2) is 15.0 Å². The number of carbonyl (C=O) groups excluding carboxylic acids is 1. The quantitative estimate of drug-likeness (QED) is 0.300. The van der Waals surface area contributed by atoms with Crippen molar-refractivity contribution in [1.29, 1.82) is 0 Å². The summed E-state index contributed by atoms with van der Waals surface area (Å²) in [5.41, 5.74) is 2.15. The molecule has 0 radical (unpaired) electrons. The van der Waals surface area contributed by atoms with Gasteiger partial charge in [0.2, 0.25) is 0 Å². The topological polar surface area (TPSA) is 92.5 Å². The number of halogens is 1. The molecule has 0 bridgehead atoms. The molecule has 0 saturated heterocycles. The maximum atomic E-state index is 12.9. The lowest BCUT2D eigenvalue weighted by atomic mass is 10.0. The number of nitrogens with one attached hydrogen (secondary N) is 1. The first-order chi connectivity index (χ1) is 13.8. The van der Waals surface area contributed by atoms with Crippen LogP contribution in [0, 0.1) is 17.8 Å². The molecule has 3 rings (SSSR count). The van der Waals surface area contributed by atoms with Gasteiger partial charge < -0.3 is 0 Å². The second-order valence-corrected chi connectivity index (χ2v) is 7.47. The molecule has 29 heavy (non-hydrogen) atoms. The standard InChI is InChI=1S/C21H16FN3O3S/c22-20-11-9-16(10-12-20)13-14-25(23)29(27,28)24-21(26)19-8-4-7-18(15-19)17-5-2-1-3-6-17/h1-12,15H,23H2,(H,24,26). The van der Waals surface area contributed by atoms with Crippen molar-refractivity contribution in [2.45, 2.75) is 0 Å². The van der Waals surface area contributed by atoms with E-state index in [-0.39, 0.29) is 9.98 Å². The summed E-state index contributed by atoms with van der Waals surface area (Å²) in [6.45, 7) is 0. The molecule has 3 N–H and O–H groups in total. The Labute approximate surface area is 167 Å². The fraction of sp³-hybridized carbons (Fsp3) is 0. The first-order valence-corrected chi connectivity index (χ1v) is 9.84. The molecule has 8 heteroatoms. The Balaban J connectivity index is 1.75. The van der Waals surface area contributed by atoms with Crippen LogP contribution < -0.4 is 10.6 Å². The predicted molar refractivity (Wildman–Crippen MR) is 108 cm³/mol. The minimum atomic E-state index is -4.40. The SMILES string of the molecule is NN(C#Cc1ccc(F)cc1)S(=O)(=O)NC(=O)c1cccc(-c2ccccc2)c1. The van der Waals surface area contributed by atoms with Gasteiger partial charge in [0.05, 0.1) is 0 Å². The highest BCUT2D eigenvalue weighted by Gasteiger charge is 2.20. The van der Waals surface area contributed by atoms with Crippen LogP contribution in [0.2, 0.25) is 0 Å². The molecule has 0 fully saturated rings. The maximum Gasteiger partial charge on any atom is 0.346 e. The zero-order valence-electron chi connectivity index (χ0n) is 15.0.